The Hall–Kier alpha value is -3.94. The van der Waals surface area contributed by atoms with E-state index in [1.807, 2.05) is 72.8 Å². The van der Waals surface area contributed by atoms with Crippen LogP contribution in [-0.2, 0) is 13.1 Å². The quantitative estimate of drug-likeness (QED) is 0.329. The number of nitrogens with one attached hydrogen (secondary N) is 1. The van der Waals surface area contributed by atoms with Crippen LogP contribution in [-0.4, -0.2) is 18.6 Å². The molecule has 6 nitrogen and oxygen atoms in total. The van der Waals surface area contributed by atoms with Crippen molar-refractivity contribution in [2.75, 3.05) is 11.7 Å². The monoisotopic (exact) mass is 528 g/mol. The number of carbonyl (C=O) groups excluding carboxylic acids is 2. The summed E-state index contributed by atoms with van der Waals surface area (Å²) in [5.41, 5.74) is 3.63. The predicted molar refractivity (Wildman–Crippen MR) is 143 cm³/mol. The third kappa shape index (κ3) is 4.75. The normalized spacial score (nSPS) is 13.5. The van der Waals surface area contributed by atoms with Gasteiger partial charge in [0.05, 0.1) is 17.8 Å². The second kappa shape index (κ2) is 9.84. The van der Waals surface area contributed by atoms with E-state index in [4.69, 9.17) is 21.1 Å². The number of carbonyl (C=O) groups is 2. The minimum absolute atomic E-state index is 0.116. The zero-order valence-corrected chi connectivity index (χ0v) is 21.1. The van der Waals surface area contributed by atoms with E-state index in [9.17, 15) is 9.59 Å². The molecular formula is C29H21ClN2O4S. The molecular weight excluding hydrogens is 508 g/mol. The summed E-state index contributed by atoms with van der Waals surface area (Å²) in [6.45, 7) is 0.883. The molecule has 1 N–H and O–H groups in total. The minimum Gasteiger partial charge on any atom is -0.454 e. The lowest BCUT2D eigenvalue weighted by atomic mass is 10.1. The van der Waals surface area contributed by atoms with Crippen LogP contribution in [0.2, 0.25) is 5.02 Å². The van der Waals surface area contributed by atoms with Crippen molar-refractivity contribution in [3.05, 3.63) is 112 Å². The van der Waals surface area contributed by atoms with E-state index in [2.05, 4.69) is 5.32 Å². The van der Waals surface area contributed by atoms with Gasteiger partial charge in [0.2, 0.25) is 6.79 Å². The summed E-state index contributed by atoms with van der Waals surface area (Å²) in [4.78, 5) is 30.4. The van der Waals surface area contributed by atoms with Crippen LogP contribution < -0.4 is 19.7 Å². The van der Waals surface area contributed by atoms with E-state index in [0.717, 1.165) is 20.9 Å². The van der Waals surface area contributed by atoms with E-state index < -0.39 is 0 Å². The van der Waals surface area contributed by atoms with Gasteiger partial charge in [-0.25, -0.2) is 0 Å². The number of ether oxygens (including phenoxy) is 2. The van der Waals surface area contributed by atoms with Crippen molar-refractivity contribution in [2.45, 2.75) is 22.9 Å². The Morgan fingerprint density at radius 2 is 1.68 bits per heavy atom. The van der Waals surface area contributed by atoms with Crippen LogP contribution in [0.25, 0.3) is 0 Å². The second-order valence-electron chi connectivity index (χ2n) is 8.67. The lowest BCUT2D eigenvalue weighted by Gasteiger charge is -2.24. The minimum atomic E-state index is -0.230. The Balaban J connectivity index is 1.30. The van der Waals surface area contributed by atoms with Crippen molar-refractivity contribution in [1.82, 2.24) is 5.32 Å². The first-order valence-electron chi connectivity index (χ1n) is 11.7. The van der Waals surface area contributed by atoms with Crippen molar-refractivity contribution in [2.24, 2.45) is 0 Å². The maximum atomic E-state index is 13.7. The third-order valence-corrected chi connectivity index (χ3v) is 7.63. The second-order valence-corrected chi connectivity index (χ2v) is 10.2. The topological polar surface area (TPSA) is 67.9 Å². The van der Waals surface area contributed by atoms with Crippen LogP contribution in [0.3, 0.4) is 0 Å². The highest BCUT2D eigenvalue weighted by Gasteiger charge is 2.28. The number of hydrogen-bond acceptors (Lipinski definition) is 5. The fraction of sp³-hybridized carbons (Fsp3) is 0.103. The molecule has 0 saturated heterocycles. The molecule has 4 aromatic rings. The average molecular weight is 529 g/mol. The Bertz CT molecular complexity index is 1520. The predicted octanol–water partition coefficient (Wildman–Crippen LogP) is 6.31. The number of amides is 2. The van der Waals surface area contributed by atoms with Crippen molar-refractivity contribution in [3.63, 3.8) is 0 Å². The molecule has 4 aromatic carbocycles. The van der Waals surface area contributed by atoms with Gasteiger partial charge in [-0.1, -0.05) is 53.7 Å². The molecule has 0 radical (unpaired) electrons. The number of halogens is 1. The Morgan fingerprint density at radius 3 is 2.54 bits per heavy atom. The number of hydrogen-bond donors (Lipinski definition) is 1. The lowest BCUT2D eigenvalue weighted by molar-refractivity contribution is 0.0947. The van der Waals surface area contributed by atoms with Crippen molar-refractivity contribution < 1.29 is 19.1 Å². The summed E-state index contributed by atoms with van der Waals surface area (Å²) >= 11 is 7.60. The highest BCUT2D eigenvalue weighted by Crippen LogP contribution is 2.42. The SMILES string of the molecule is O=C(NCc1ccc2c(c1)OCO2)c1ccc2c(c1)N(Cc1ccc(Cl)cc1)C(=O)c1ccccc1S2. The average Bonchev–Trinajstić information content (AvgIpc) is 3.35. The largest absolute Gasteiger partial charge is 0.454 e. The summed E-state index contributed by atoms with van der Waals surface area (Å²) in [6.07, 6.45) is 0. The molecule has 0 spiro atoms. The lowest BCUT2D eigenvalue weighted by Crippen LogP contribution is -2.31. The van der Waals surface area contributed by atoms with Crippen LogP contribution >= 0.6 is 23.4 Å². The summed E-state index contributed by atoms with van der Waals surface area (Å²) in [7, 11) is 0. The zero-order valence-electron chi connectivity index (χ0n) is 19.6. The molecule has 2 aliphatic heterocycles. The fourth-order valence-corrected chi connectivity index (χ4v) is 5.51. The van der Waals surface area contributed by atoms with Gasteiger partial charge in [0.25, 0.3) is 11.8 Å². The maximum Gasteiger partial charge on any atom is 0.259 e. The third-order valence-electron chi connectivity index (χ3n) is 6.24. The van der Waals surface area contributed by atoms with Gasteiger partial charge in [0.15, 0.2) is 11.5 Å². The van der Waals surface area contributed by atoms with Crippen molar-refractivity contribution in [1.29, 1.82) is 0 Å². The van der Waals surface area contributed by atoms with Gasteiger partial charge in [0, 0.05) is 26.9 Å². The van der Waals surface area contributed by atoms with E-state index >= 15 is 0 Å². The molecule has 0 bridgehead atoms. The fourth-order valence-electron chi connectivity index (χ4n) is 4.33. The van der Waals surface area contributed by atoms with E-state index in [-0.39, 0.29) is 18.6 Å². The molecule has 2 aliphatic rings. The molecule has 0 aromatic heterocycles. The van der Waals surface area contributed by atoms with Gasteiger partial charge in [-0.2, -0.15) is 0 Å². The van der Waals surface area contributed by atoms with Gasteiger partial charge < -0.3 is 19.7 Å². The first-order chi connectivity index (χ1) is 18.0. The molecule has 37 heavy (non-hydrogen) atoms. The Kier molecular flexibility index (Phi) is 6.24. The van der Waals surface area contributed by atoms with Gasteiger partial charge >= 0.3 is 0 Å². The smallest absolute Gasteiger partial charge is 0.259 e. The molecule has 0 fully saturated rings. The molecule has 0 aliphatic carbocycles. The first kappa shape index (κ1) is 23.5. The molecule has 2 amide bonds. The first-order valence-corrected chi connectivity index (χ1v) is 12.9. The highest BCUT2D eigenvalue weighted by atomic mass is 35.5. The van der Waals surface area contributed by atoms with Crippen LogP contribution in [0.15, 0.2) is 94.7 Å². The molecule has 6 rings (SSSR count). The molecule has 2 heterocycles. The summed E-state index contributed by atoms with van der Waals surface area (Å²) in [5.74, 6) is 1.02. The Labute approximate surface area is 223 Å². The molecule has 8 heteroatoms. The number of fused-ring (bicyclic) bond motifs is 3. The zero-order chi connectivity index (χ0) is 25.4. The van der Waals surface area contributed by atoms with Crippen LogP contribution in [0.5, 0.6) is 11.5 Å². The van der Waals surface area contributed by atoms with E-state index in [1.54, 1.807) is 17.0 Å². The number of rotatable bonds is 5. The standard InChI is InChI=1S/C29H21ClN2O4S/c30-21-9-5-18(6-10-21)16-32-23-14-20(8-12-27(23)37-26-4-2-1-3-22(26)29(32)34)28(33)31-15-19-7-11-24-25(13-19)36-17-35-24/h1-14H,15-17H2,(H,31,33). The van der Waals surface area contributed by atoms with Crippen molar-refractivity contribution in [3.8, 4) is 11.5 Å². The summed E-state index contributed by atoms with van der Waals surface area (Å²) in [6, 6.07) is 26.1. The maximum absolute atomic E-state index is 13.7. The molecule has 0 unspecified atom stereocenters. The summed E-state index contributed by atoms with van der Waals surface area (Å²) < 4.78 is 10.8. The molecule has 184 valence electrons. The van der Waals surface area contributed by atoms with E-state index in [0.29, 0.717) is 46.4 Å². The van der Waals surface area contributed by atoms with Gasteiger partial charge in [0.1, 0.15) is 0 Å². The molecule has 0 atom stereocenters. The van der Waals surface area contributed by atoms with Crippen LogP contribution in [0, 0.1) is 0 Å². The Morgan fingerprint density at radius 1 is 0.892 bits per heavy atom. The van der Waals surface area contributed by atoms with E-state index in [1.165, 1.54) is 11.8 Å². The van der Waals surface area contributed by atoms with Gasteiger partial charge in [-0.3, -0.25) is 9.59 Å². The van der Waals surface area contributed by atoms with Gasteiger partial charge in [-0.05, 0) is 65.7 Å². The van der Waals surface area contributed by atoms with Crippen molar-refractivity contribution >= 4 is 40.9 Å². The number of anilines is 1. The number of benzene rings is 4. The van der Waals surface area contributed by atoms with Gasteiger partial charge in [-0.15, -0.1) is 0 Å². The highest BCUT2D eigenvalue weighted by molar-refractivity contribution is 7.99. The molecule has 0 saturated carbocycles. The number of nitrogens with zero attached hydrogens (tertiary/aromatic N) is 1. The summed E-state index contributed by atoms with van der Waals surface area (Å²) in [5, 5.41) is 3.60. The van der Waals surface area contributed by atoms with Crippen LogP contribution in [0.4, 0.5) is 5.69 Å². The van der Waals surface area contributed by atoms with Crippen LogP contribution in [0.1, 0.15) is 31.8 Å².